The van der Waals surface area contributed by atoms with Crippen molar-refractivity contribution in [2.75, 3.05) is 11.9 Å². The molecule has 2 N–H and O–H groups in total. The maximum atomic E-state index is 12.4. The number of piperidine rings is 1. The van der Waals surface area contributed by atoms with Gasteiger partial charge in [0.15, 0.2) is 0 Å². The number of amides is 2. The van der Waals surface area contributed by atoms with Crippen LogP contribution in [-0.2, 0) is 9.59 Å². The molecule has 112 valence electrons. The van der Waals surface area contributed by atoms with Crippen LogP contribution in [0.25, 0.3) is 0 Å². The predicted octanol–water partition coefficient (Wildman–Crippen LogP) is 1.72. The topological polar surface area (TPSA) is 86.7 Å². The van der Waals surface area contributed by atoms with Crippen LogP contribution >= 0.6 is 0 Å². The average Bonchev–Trinajstić information content (AvgIpc) is 2.46. The zero-order valence-electron chi connectivity index (χ0n) is 11.8. The Hall–Kier alpha value is -2.37. The number of aliphatic carboxylic acids is 1. The molecule has 1 aliphatic rings. The van der Waals surface area contributed by atoms with Gasteiger partial charge in [-0.15, -0.1) is 0 Å². The average molecular weight is 290 g/mol. The zero-order valence-corrected chi connectivity index (χ0v) is 11.8. The number of carbonyl (C=O) groups excluding carboxylic acids is 2. The van der Waals surface area contributed by atoms with Crippen LogP contribution in [0.15, 0.2) is 24.3 Å². The lowest BCUT2D eigenvalue weighted by Gasteiger charge is -2.33. The van der Waals surface area contributed by atoms with Crippen molar-refractivity contribution >= 4 is 23.5 Å². The summed E-state index contributed by atoms with van der Waals surface area (Å²) in [6.45, 7) is 1.87. The molecule has 1 aromatic rings. The summed E-state index contributed by atoms with van der Waals surface area (Å²) in [5.74, 6) is -1.43. The number of carbonyl (C=O) groups is 3. The van der Waals surface area contributed by atoms with Gasteiger partial charge < -0.3 is 15.3 Å². The molecule has 0 radical (unpaired) electrons. The van der Waals surface area contributed by atoms with Gasteiger partial charge in [-0.3, -0.25) is 9.59 Å². The first-order valence-electron chi connectivity index (χ1n) is 6.90. The molecule has 1 aliphatic heterocycles. The molecule has 0 bridgehead atoms. The van der Waals surface area contributed by atoms with Crippen molar-refractivity contribution in [3.8, 4) is 0 Å². The van der Waals surface area contributed by atoms with Crippen LogP contribution in [0.5, 0.6) is 0 Å². The maximum absolute atomic E-state index is 12.4. The molecule has 6 nitrogen and oxygen atoms in total. The van der Waals surface area contributed by atoms with Crippen molar-refractivity contribution in [3.05, 3.63) is 29.8 Å². The Labute approximate surface area is 122 Å². The van der Waals surface area contributed by atoms with Crippen LogP contribution in [0.2, 0.25) is 0 Å². The number of hydrogen-bond acceptors (Lipinski definition) is 3. The standard InChI is InChI=1S/C15H18N2O4/c1-10(18)16-12-7-5-11(6-8-12)14(19)17-9-3-2-4-13(17)15(20)21/h5-8,13H,2-4,9H2,1H3,(H,16,18)(H,20,21)/t13-/m1/s1. The third-order valence-electron chi connectivity index (χ3n) is 3.50. The number of hydrogen-bond donors (Lipinski definition) is 2. The molecular weight excluding hydrogens is 272 g/mol. The van der Waals surface area contributed by atoms with E-state index in [1.54, 1.807) is 24.3 Å². The first-order valence-corrected chi connectivity index (χ1v) is 6.90. The van der Waals surface area contributed by atoms with E-state index in [9.17, 15) is 19.5 Å². The van der Waals surface area contributed by atoms with Gasteiger partial charge in [0.25, 0.3) is 5.91 Å². The first-order chi connectivity index (χ1) is 9.99. The molecular formula is C15H18N2O4. The summed E-state index contributed by atoms with van der Waals surface area (Å²) in [6, 6.07) is 5.71. The molecule has 1 fully saturated rings. The van der Waals surface area contributed by atoms with E-state index in [-0.39, 0.29) is 11.8 Å². The van der Waals surface area contributed by atoms with Crippen molar-refractivity contribution in [2.24, 2.45) is 0 Å². The maximum Gasteiger partial charge on any atom is 0.326 e. The van der Waals surface area contributed by atoms with Gasteiger partial charge in [-0.25, -0.2) is 4.79 Å². The summed E-state index contributed by atoms with van der Waals surface area (Å²) in [4.78, 5) is 36.0. The Morgan fingerprint density at radius 2 is 1.86 bits per heavy atom. The second-order valence-electron chi connectivity index (χ2n) is 5.11. The van der Waals surface area contributed by atoms with E-state index in [0.29, 0.717) is 24.2 Å². The van der Waals surface area contributed by atoms with E-state index in [4.69, 9.17) is 0 Å². The predicted molar refractivity (Wildman–Crippen MR) is 77.1 cm³/mol. The van der Waals surface area contributed by atoms with E-state index in [2.05, 4.69) is 5.32 Å². The fraction of sp³-hybridized carbons (Fsp3) is 0.400. The third kappa shape index (κ3) is 3.59. The van der Waals surface area contributed by atoms with Crippen LogP contribution < -0.4 is 5.32 Å². The number of likely N-dealkylation sites (tertiary alicyclic amines) is 1. The van der Waals surface area contributed by atoms with Crippen LogP contribution in [0.3, 0.4) is 0 Å². The Balaban J connectivity index is 2.14. The Morgan fingerprint density at radius 3 is 2.43 bits per heavy atom. The summed E-state index contributed by atoms with van der Waals surface area (Å²) in [7, 11) is 0. The number of nitrogens with zero attached hydrogens (tertiary/aromatic N) is 1. The minimum Gasteiger partial charge on any atom is -0.480 e. The van der Waals surface area contributed by atoms with Crippen molar-refractivity contribution in [3.63, 3.8) is 0 Å². The highest BCUT2D eigenvalue weighted by Crippen LogP contribution is 2.20. The van der Waals surface area contributed by atoms with Crippen LogP contribution in [0.4, 0.5) is 5.69 Å². The molecule has 2 amide bonds. The van der Waals surface area contributed by atoms with Gasteiger partial charge in [-0.2, -0.15) is 0 Å². The van der Waals surface area contributed by atoms with Crippen molar-refractivity contribution in [1.82, 2.24) is 4.90 Å². The Bertz CT molecular complexity index is 553. The fourth-order valence-electron chi connectivity index (χ4n) is 2.50. The lowest BCUT2D eigenvalue weighted by atomic mass is 10.0. The highest BCUT2D eigenvalue weighted by atomic mass is 16.4. The van der Waals surface area contributed by atoms with E-state index >= 15 is 0 Å². The van der Waals surface area contributed by atoms with Crippen molar-refractivity contribution in [1.29, 1.82) is 0 Å². The van der Waals surface area contributed by atoms with Gasteiger partial charge in [0.05, 0.1) is 0 Å². The summed E-state index contributed by atoms with van der Waals surface area (Å²) in [6.07, 6.45) is 2.13. The summed E-state index contributed by atoms with van der Waals surface area (Å²) >= 11 is 0. The van der Waals surface area contributed by atoms with Crippen molar-refractivity contribution < 1.29 is 19.5 Å². The van der Waals surface area contributed by atoms with Crippen LogP contribution in [-0.4, -0.2) is 40.4 Å². The largest absolute Gasteiger partial charge is 0.480 e. The van der Waals surface area contributed by atoms with Gasteiger partial charge in [-0.1, -0.05) is 0 Å². The molecule has 1 atom stereocenters. The molecule has 21 heavy (non-hydrogen) atoms. The summed E-state index contributed by atoms with van der Waals surface area (Å²) < 4.78 is 0. The number of nitrogens with one attached hydrogen (secondary N) is 1. The zero-order chi connectivity index (χ0) is 15.4. The molecule has 0 spiro atoms. The van der Waals surface area contributed by atoms with Gasteiger partial charge in [-0.05, 0) is 43.5 Å². The summed E-state index contributed by atoms with van der Waals surface area (Å²) in [5, 5.41) is 11.8. The first kappa shape index (κ1) is 15.0. The highest BCUT2D eigenvalue weighted by Gasteiger charge is 2.32. The second kappa shape index (κ2) is 6.39. The lowest BCUT2D eigenvalue weighted by Crippen LogP contribution is -2.47. The Kier molecular flexibility index (Phi) is 4.57. The molecule has 0 unspecified atom stereocenters. The number of anilines is 1. The molecule has 0 aliphatic carbocycles. The Morgan fingerprint density at radius 1 is 1.19 bits per heavy atom. The van der Waals surface area contributed by atoms with Gasteiger partial charge in [0.1, 0.15) is 6.04 Å². The molecule has 1 heterocycles. The van der Waals surface area contributed by atoms with Gasteiger partial charge in [0.2, 0.25) is 5.91 Å². The van der Waals surface area contributed by atoms with Gasteiger partial charge in [0, 0.05) is 24.7 Å². The normalized spacial score (nSPS) is 18.1. The fourth-order valence-corrected chi connectivity index (χ4v) is 2.50. The third-order valence-corrected chi connectivity index (χ3v) is 3.50. The minimum atomic E-state index is -0.960. The second-order valence-corrected chi connectivity index (χ2v) is 5.11. The van der Waals surface area contributed by atoms with Gasteiger partial charge >= 0.3 is 5.97 Å². The number of benzene rings is 1. The quantitative estimate of drug-likeness (QED) is 0.887. The number of rotatable bonds is 3. The van der Waals surface area contributed by atoms with Crippen LogP contribution in [0, 0.1) is 0 Å². The van der Waals surface area contributed by atoms with E-state index in [1.807, 2.05) is 0 Å². The van der Waals surface area contributed by atoms with E-state index in [0.717, 1.165) is 12.8 Å². The molecule has 1 aromatic carbocycles. The minimum absolute atomic E-state index is 0.184. The monoisotopic (exact) mass is 290 g/mol. The molecule has 0 aromatic heterocycles. The molecule has 1 saturated heterocycles. The van der Waals surface area contributed by atoms with E-state index in [1.165, 1.54) is 11.8 Å². The smallest absolute Gasteiger partial charge is 0.326 e. The number of carboxylic acids is 1. The highest BCUT2D eigenvalue weighted by molar-refractivity contribution is 5.97. The molecule has 2 rings (SSSR count). The molecule has 6 heteroatoms. The lowest BCUT2D eigenvalue weighted by molar-refractivity contribution is -0.143. The van der Waals surface area contributed by atoms with E-state index < -0.39 is 12.0 Å². The van der Waals surface area contributed by atoms with Crippen molar-refractivity contribution in [2.45, 2.75) is 32.2 Å². The SMILES string of the molecule is CC(=O)Nc1ccc(C(=O)N2CCCC[C@@H]2C(=O)O)cc1. The molecule has 0 saturated carbocycles. The van der Waals surface area contributed by atoms with Crippen LogP contribution in [0.1, 0.15) is 36.5 Å². The number of carboxylic acid groups (broad SMARTS) is 1. The summed E-state index contributed by atoms with van der Waals surface area (Å²) in [5.41, 5.74) is 1.03.